The number of amides is 1. The predicted octanol–water partition coefficient (Wildman–Crippen LogP) is 5.98. The normalized spacial score (nSPS) is 9.93. The van der Waals surface area contributed by atoms with E-state index >= 15 is 0 Å². The molecule has 0 aliphatic heterocycles. The average Bonchev–Trinajstić information content (AvgIpc) is 3.12. The number of nitrogens with one attached hydrogen (secondary N) is 1. The quantitative estimate of drug-likeness (QED) is 0.408. The van der Waals surface area contributed by atoms with Crippen molar-refractivity contribution in [1.82, 2.24) is 15.0 Å². The Morgan fingerprint density at radius 1 is 0.900 bits per heavy atom. The predicted molar refractivity (Wildman–Crippen MR) is 127 cm³/mol. The number of rotatable bonds is 4. The monoisotopic (exact) mass is 458 g/mol. The highest BCUT2D eigenvalue weighted by atomic mass is 35.5. The van der Waals surface area contributed by atoms with Gasteiger partial charge in [-0.1, -0.05) is 28.5 Å². The summed E-state index contributed by atoms with van der Waals surface area (Å²) in [7, 11) is 0. The Balaban J connectivity index is 0.00000160. The molecular weight excluding hydrogens is 439 g/mol. The Kier molecular flexibility index (Phi) is 8.06. The number of aromatic nitrogens is 3. The van der Waals surface area contributed by atoms with Gasteiger partial charge >= 0.3 is 0 Å². The van der Waals surface area contributed by atoms with Crippen LogP contribution in [0.1, 0.15) is 21.5 Å². The topological polar surface area (TPSA) is 67.8 Å². The number of carbonyl (C=O) groups is 1. The maximum atomic E-state index is 12.5. The lowest BCUT2D eigenvalue weighted by Gasteiger charge is -2.05. The molecular formula is C22H20Cl2N4OS. The first-order valence-electron chi connectivity index (χ1n) is 8.81. The zero-order valence-corrected chi connectivity index (χ0v) is 18.8. The van der Waals surface area contributed by atoms with Gasteiger partial charge in [-0.15, -0.1) is 24.8 Å². The number of thiazole rings is 1. The van der Waals surface area contributed by atoms with Crippen molar-refractivity contribution in [3.8, 4) is 21.7 Å². The number of hydrogen-bond acceptors (Lipinski definition) is 5. The van der Waals surface area contributed by atoms with Crippen molar-refractivity contribution in [2.45, 2.75) is 13.8 Å². The van der Waals surface area contributed by atoms with Crippen LogP contribution >= 0.6 is 36.2 Å². The zero-order chi connectivity index (χ0) is 19.5. The van der Waals surface area contributed by atoms with Crippen LogP contribution < -0.4 is 5.32 Å². The summed E-state index contributed by atoms with van der Waals surface area (Å²) in [5, 5.41) is 3.45. The molecule has 0 aliphatic carbocycles. The molecule has 0 spiro atoms. The second-order valence-corrected chi connectivity index (χ2v) is 7.50. The number of aryl methyl sites for hydroxylation is 2. The Hall–Kier alpha value is -2.80. The van der Waals surface area contributed by atoms with Gasteiger partial charge in [-0.3, -0.25) is 20.1 Å². The third kappa shape index (κ3) is 5.21. The van der Waals surface area contributed by atoms with Crippen LogP contribution in [-0.2, 0) is 0 Å². The largest absolute Gasteiger partial charge is 0.298 e. The van der Waals surface area contributed by atoms with E-state index in [9.17, 15) is 4.79 Å². The smallest absolute Gasteiger partial charge is 0.259 e. The van der Waals surface area contributed by atoms with E-state index in [0.717, 1.165) is 21.7 Å². The molecule has 3 heterocycles. The zero-order valence-electron chi connectivity index (χ0n) is 16.3. The number of nitrogens with zero attached hydrogens (tertiary/aromatic N) is 3. The highest BCUT2D eigenvalue weighted by Crippen LogP contribution is 2.39. The molecule has 4 aromatic rings. The summed E-state index contributed by atoms with van der Waals surface area (Å²) in [5.74, 6) is -0.227. The fraction of sp³-hybridized carbons (Fsp3) is 0.0909. The lowest BCUT2D eigenvalue weighted by atomic mass is 10.0. The Morgan fingerprint density at radius 3 is 2.23 bits per heavy atom. The number of carbonyl (C=O) groups excluding carboxylic acids is 1. The van der Waals surface area contributed by atoms with Gasteiger partial charge in [-0.25, -0.2) is 4.98 Å². The van der Waals surface area contributed by atoms with Gasteiger partial charge < -0.3 is 0 Å². The Morgan fingerprint density at radius 2 is 1.60 bits per heavy atom. The minimum absolute atomic E-state index is 0. The first kappa shape index (κ1) is 23.5. The van der Waals surface area contributed by atoms with Crippen LogP contribution in [0.3, 0.4) is 0 Å². The minimum Gasteiger partial charge on any atom is -0.298 e. The summed E-state index contributed by atoms with van der Waals surface area (Å²) in [4.78, 5) is 26.4. The molecule has 0 fully saturated rings. The third-order valence-corrected chi connectivity index (χ3v) is 5.23. The first-order valence-corrected chi connectivity index (χ1v) is 9.63. The molecule has 0 aliphatic rings. The summed E-state index contributed by atoms with van der Waals surface area (Å²) in [5.41, 5.74) is 5.74. The van der Waals surface area contributed by atoms with E-state index in [0.29, 0.717) is 10.7 Å². The van der Waals surface area contributed by atoms with Gasteiger partial charge in [-0.05, 0) is 55.8 Å². The highest BCUT2D eigenvalue weighted by molar-refractivity contribution is 7.19. The highest BCUT2D eigenvalue weighted by Gasteiger charge is 2.17. The number of benzene rings is 1. The molecule has 0 saturated carbocycles. The summed E-state index contributed by atoms with van der Waals surface area (Å²) in [6, 6.07) is 13.7. The second-order valence-electron chi connectivity index (χ2n) is 6.50. The fourth-order valence-corrected chi connectivity index (χ4v) is 4.03. The van der Waals surface area contributed by atoms with Gasteiger partial charge in [0.25, 0.3) is 5.91 Å². The minimum atomic E-state index is -0.227. The molecule has 5 nitrogen and oxygen atoms in total. The fourth-order valence-electron chi connectivity index (χ4n) is 3.05. The molecule has 1 amide bonds. The van der Waals surface area contributed by atoms with Crippen molar-refractivity contribution in [3.63, 3.8) is 0 Å². The molecule has 8 heteroatoms. The van der Waals surface area contributed by atoms with Crippen molar-refractivity contribution in [3.05, 3.63) is 83.9 Å². The lowest BCUT2D eigenvalue weighted by Crippen LogP contribution is -2.11. The number of halogens is 2. The third-order valence-electron chi connectivity index (χ3n) is 4.21. The molecule has 0 atom stereocenters. The van der Waals surface area contributed by atoms with Crippen molar-refractivity contribution >= 4 is 47.2 Å². The van der Waals surface area contributed by atoms with Crippen LogP contribution in [0.2, 0.25) is 0 Å². The standard InChI is InChI=1S/C22H18N4OS.2ClH/c1-14-10-15(2)12-18(11-14)19-20(16-5-8-23-9-6-16)28-22(25-19)26-21(27)17-4-3-7-24-13-17;;/h3-13H,1-2H3,(H,25,26,27);2*1H. The van der Waals surface area contributed by atoms with Crippen molar-refractivity contribution in [2.24, 2.45) is 0 Å². The first-order chi connectivity index (χ1) is 13.6. The van der Waals surface area contributed by atoms with E-state index in [4.69, 9.17) is 4.98 Å². The molecule has 0 unspecified atom stereocenters. The van der Waals surface area contributed by atoms with Crippen LogP contribution in [0.25, 0.3) is 21.7 Å². The van der Waals surface area contributed by atoms with Gasteiger partial charge in [0.15, 0.2) is 5.13 Å². The summed E-state index contributed by atoms with van der Waals surface area (Å²) >= 11 is 1.45. The van der Waals surface area contributed by atoms with Crippen LogP contribution in [0.5, 0.6) is 0 Å². The van der Waals surface area contributed by atoms with Crippen molar-refractivity contribution < 1.29 is 4.79 Å². The van der Waals surface area contributed by atoms with Gasteiger partial charge in [0.05, 0.1) is 16.1 Å². The number of pyridine rings is 2. The Bertz CT molecular complexity index is 1110. The molecule has 3 aromatic heterocycles. The van der Waals surface area contributed by atoms with E-state index in [2.05, 4.69) is 47.3 Å². The number of anilines is 1. The van der Waals surface area contributed by atoms with Gasteiger partial charge in [0.1, 0.15) is 0 Å². The van der Waals surface area contributed by atoms with E-state index in [1.165, 1.54) is 28.7 Å². The second kappa shape index (κ2) is 10.3. The van der Waals surface area contributed by atoms with Gasteiger partial charge in [-0.2, -0.15) is 0 Å². The molecule has 4 rings (SSSR count). The van der Waals surface area contributed by atoms with Gasteiger partial charge in [0.2, 0.25) is 0 Å². The van der Waals surface area contributed by atoms with Crippen LogP contribution in [-0.4, -0.2) is 20.9 Å². The molecule has 154 valence electrons. The molecule has 1 aromatic carbocycles. The molecule has 1 N–H and O–H groups in total. The van der Waals surface area contributed by atoms with E-state index in [-0.39, 0.29) is 30.7 Å². The molecule has 0 radical (unpaired) electrons. The maximum Gasteiger partial charge on any atom is 0.259 e. The SMILES string of the molecule is Cc1cc(C)cc(-c2nc(NC(=O)c3cccnc3)sc2-c2ccncc2)c1.Cl.Cl. The summed E-state index contributed by atoms with van der Waals surface area (Å²) in [6.07, 6.45) is 6.69. The van der Waals surface area contributed by atoms with Crippen molar-refractivity contribution in [2.75, 3.05) is 5.32 Å². The summed E-state index contributed by atoms with van der Waals surface area (Å²) in [6.45, 7) is 4.14. The molecule has 30 heavy (non-hydrogen) atoms. The van der Waals surface area contributed by atoms with Crippen LogP contribution in [0.15, 0.2) is 67.3 Å². The summed E-state index contributed by atoms with van der Waals surface area (Å²) < 4.78 is 0. The number of hydrogen-bond donors (Lipinski definition) is 1. The van der Waals surface area contributed by atoms with Gasteiger partial charge in [0, 0.05) is 30.4 Å². The Labute approximate surface area is 191 Å². The van der Waals surface area contributed by atoms with E-state index in [1.807, 2.05) is 12.1 Å². The lowest BCUT2D eigenvalue weighted by molar-refractivity contribution is 0.102. The molecule has 0 bridgehead atoms. The van der Waals surface area contributed by atoms with Crippen molar-refractivity contribution in [1.29, 1.82) is 0 Å². The van der Waals surface area contributed by atoms with Crippen LogP contribution in [0.4, 0.5) is 5.13 Å². The van der Waals surface area contributed by atoms with Crippen LogP contribution in [0, 0.1) is 13.8 Å². The van der Waals surface area contributed by atoms with E-state index < -0.39 is 0 Å². The molecule has 0 saturated heterocycles. The van der Waals surface area contributed by atoms with E-state index in [1.54, 1.807) is 30.7 Å². The maximum absolute atomic E-state index is 12.5. The average molecular weight is 459 g/mol.